The fraction of sp³-hybridized carbons (Fsp3) is 0.280. The first kappa shape index (κ1) is 24.2. The summed E-state index contributed by atoms with van der Waals surface area (Å²) in [5, 5.41) is 4.50. The maximum atomic E-state index is 13.6. The van der Waals surface area contributed by atoms with Crippen molar-refractivity contribution < 1.29 is 17.9 Å². The molecule has 0 spiro atoms. The Morgan fingerprint density at radius 2 is 1.97 bits per heavy atom. The molecule has 0 amide bonds. The van der Waals surface area contributed by atoms with Gasteiger partial charge >= 0.3 is 6.18 Å². The Morgan fingerprint density at radius 3 is 2.69 bits per heavy atom. The zero-order chi connectivity index (χ0) is 25.0. The molecule has 1 atom stereocenters. The molecular weight excluding hydrogens is 457 g/mol. The van der Waals surface area contributed by atoms with Crippen molar-refractivity contribution in [1.82, 2.24) is 19.7 Å². The molecule has 182 valence electrons. The number of aliphatic imine (C=N–C) groups is 1. The van der Waals surface area contributed by atoms with E-state index in [2.05, 4.69) is 26.6 Å². The van der Waals surface area contributed by atoms with Crippen LogP contribution in [0.2, 0.25) is 0 Å². The van der Waals surface area contributed by atoms with Gasteiger partial charge in [-0.2, -0.15) is 18.3 Å². The lowest BCUT2D eigenvalue weighted by atomic mass is 9.88. The number of halogens is 3. The van der Waals surface area contributed by atoms with Crippen LogP contribution in [-0.2, 0) is 12.7 Å². The summed E-state index contributed by atoms with van der Waals surface area (Å²) in [5.41, 5.74) is 0.881. The Kier molecular flexibility index (Phi) is 6.99. The van der Waals surface area contributed by atoms with Gasteiger partial charge in [0.05, 0.1) is 24.7 Å². The molecule has 7 nitrogen and oxygen atoms in total. The topological polar surface area (TPSA) is 68.4 Å². The molecule has 1 aromatic carbocycles. The van der Waals surface area contributed by atoms with Crippen LogP contribution < -0.4 is 9.64 Å². The van der Waals surface area contributed by atoms with E-state index < -0.39 is 17.7 Å². The molecule has 0 aliphatic carbocycles. The van der Waals surface area contributed by atoms with Gasteiger partial charge in [0.15, 0.2) is 5.82 Å². The molecule has 0 saturated heterocycles. The monoisotopic (exact) mass is 482 g/mol. The third kappa shape index (κ3) is 5.11. The summed E-state index contributed by atoms with van der Waals surface area (Å²) in [6.07, 6.45) is 3.48. The lowest BCUT2D eigenvalue weighted by Gasteiger charge is -2.25. The minimum absolute atomic E-state index is 0.230. The van der Waals surface area contributed by atoms with Gasteiger partial charge in [0.2, 0.25) is 5.88 Å². The van der Waals surface area contributed by atoms with Crippen LogP contribution in [0.5, 0.6) is 5.88 Å². The number of alkyl halides is 3. The van der Waals surface area contributed by atoms with Gasteiger partial charge in [-0.15, -0.1) is 0 Å². The lowest BCUT2D eigenvalue weighted by Crippen LogP contribution is -2.21. The Hall–Kier alpha value is -3.95. The van der Waals surface area contributed by atoms with Crippen LogP contribution >= 0.6 is 0 Å². The first-order valence-electron chi connectivity index (χ1n) is 11.0. The fourth-order valence-electron chi connectivity index (χ4n) is 4.17. The Bertz CT molecular complexity index is 1260. The maximum absolute atomic E-state index is 13.6. The molecule has 0 N–H and O–H groups in total. The Labute approximate surface area is 201 Å². The SMILES string of the molecule is C=CN(C=NC)c1ccc(/C=C/c2nc3n(n2)CCC[C@H]3c2ccccc2C(F)(F)F)nc1OC. The van der Waals surface area contributed by atoms with Crippen LogP contribution in [-0.4, -0.2) is 40.2 Å². The van der Waals surface area contributed by atoms with E-state index in [-0.39, 0.29) is 5.56 Å². The van der Waals surface area contributed by atoms with E-state index in [4.69, 9.17) is 4.74 Å². The van der Waals surface area contributed by atoms with Gasteiger partial charge in [0.1, 0.15) is 11.5 Å². The van der Waals surface area contributed by atoms with E-state index in [1.165, 1.54) is 19.2 Å². The average Bonchev–Trinajstić information content (AvgIpc) is 3.29. The summed E-state index contributed by atoms with van der Waals surface area (Å²) in [5.74, 6) is 0.854. The second-order valence-electron chi connectivity index (χ2n) is 7.89. The number of hydrogen-bond acceptors (Lipinski definition) is 5. The maximum Gasteiger partial charge on any atom is 0.416 e. The molecule has 0 bridgehead atoms. The van der Waals surface area contributed by atoms with Gasteiger partial charge in [-0.3, -0.25) is 4.99 Å². The highest BCUT2D eigenvalue weighted by Crippen LogP contribution is 2.40. The molecular formula is C25H25F3N6O. The van der Waals surface area contributed by atoms with Crippen LogP contribution in [0.15, 0.2) is 54.2 Å². The number of fused-ring (bicyclic) bond motifs is 1. The molecule has 10 heteroatoms. The highest BCUT2D eigenvalue weighted by Gasteiger charge is 2.37. The highest BCUT2D eigenvalue weighted by atomic mass is 19.4. The molecule has 0 radical (unpaired) electrons. The zero-order valence-corrected chi connectivity index (χ0v) is 19.4. The number of nitrogens with zero attached hydrogens (tertiary/aromatic N) is 6. The fourth-order valence-corrected chi connectivity index (χ4v) is 4.17. The number of methoxy groups -OCH3 is 1. The molecule has 0 unspecified atom stereocenters. The van der Waals surface area contributed by atoms with Crippen LogP contribution in [0.25, 0.3) is 12.2 Å². The van der Waals surface area contributed by atoms with Crippen molar-refractivity contribution >= 4 is 24.2 Å². The number of rotatable bonds is 7. The van der Waals surface area contributed by atoms with E-state index in [0.29, 0.717) is 41.9 Å². The second-order valence-corrected chi connectivity index (χ2v) is 7.89. The number of pyridine rings is 1. The van der Waals surface area contributed by atoms with E-state index in [0.717, 1.165) is 12.5 Å². The van der Waals surface area contributed by atoms with Crippen LogP contribution in [0.1, 0.15) is 47.2 Å². The molecule has 1 aliphatic rings. The van der Waals surface area contributed by atoms with Crippen molar-refractivity contribution in [2.24, 2.45) is 4.99 Å². The average molecular weight is 483 g/mol. The molecule has 3 heterocycles. The smallest absolute Gasteiger partial charge is 0.416 e. The van der Waals surface area contributed by atoms with Gasteiger partial charge in [-0.1, -0.05) is 24.8 Å². The number of anilines is 1. The number of ether oxygens (including phenoxy) is 1. The highest BCUT2D eigenvalue weighted by molar-refractivity contribution is 5.83. The summed E-state index contributed by atoms with van der Waals surface area (Å²) in [6.45, 7) is 4.37. The second kappa shape index (κ2) is 10.1. The van der Waals surface area contributed by atoms with E-state index >= 15 is 0 Å². The molecule has 3 aromatic rings. The molecule has 4 rings (SSSR count). The zero-order valence-electron chi connectivity index (χ0n) is 19.4. The third-order valence-corrected chi connectivity index (χ3v) is 5.71. The molecule has 1 aliphatic heterocycles. The Balaban J connectivity index is 1.63. The normalized spacial score (nSPS) is 16.0. The lowest BCUT2D eigenvalue weighted by molar-refractivity contribution is -0.138. The van der Waals surface area contributed by atoms with E-state index in [1.807, 2.05) is 6.07 Å². The van der Waals surface area contributed by atoms with Crippen molar-refractivity contribution in [3.63, 3.8) is 0 Å². The van der Waals surface area contributed by atoms with Crippen molar-refractivity contribution in [3.05, 3.63) is 77.6 Å². The predicted octanol–water partition coefficient (Wildman–Crippen LogP) is 5.40. The van der Waals surface area contributed by atoms with Crippen molar-refractivity contribution in [3.8, 4) is 5.88 Å². The summed E-state index contributed by atoms with van der Waals surface area (Å²) < 4.78 is 47.9. The molecule has 35 heavy (non-hydrogen) atoms. The largest absolute Gasteiger partial charge is 0.479 e. The number of benzene rings is 1. The minimum atomic E-state index is -4.43. The van der Waals surface area contributed by atoms with Crippen LogP contribution in [0.4, 0.5) is 18.9 Å². The third-order valence-electron chi connectivity index (χ3n) is 5.71. The first-order chi connectivity index (χ1) is 16.9. The molecule has 0 saturated carbocycles. The van der Waals surface area contributed by atoms with Crippen LogP contribution in [0, 0.1) is 0 Å². The van der Waals surface area contributed by atoms with E-state index in [9.17, 15) is 13.2 Å². The van der Waals surface area contributed by atoms with Crippen molar-refractivity contribution in [2.45, 2.75) is 31.5 Å². The van der Waals surface area contributed by atoms with Gasteiger partial charge in [0, 0.05) is 25.7 Å². The number of aryl methyl sites for hydroxylation is 1. The predicted molar refractivity (Wildman–Crippen MR) is 129 cm³/mol. The Morgan fingerprint density at radius 1 is 1.17 bits per heavy atom. The van der Waals surface area contributed by atoms with Gasteiger partial charge in [-0.25, -0.2) is 14.6 Å². The standard InChI is InChI=1S/C25H25F3N6O/c1-4-33(16-29-2)21-13-11-17(30-24(21)35-3)12-14-22-31-23-19(9-7-15-34(23)32-22)18-8-5-6-10-20(18)25(26,27)28/h4-6,8,10-14,16,19H,1,7,9,15H2,2-3H3/b14-12+,29-16?/t19-/m0/s1. The molecule has 0 fully saturated rings. The number of aromatic nitrogens is 4. The summed E-state index contributed by atoms with van der Waals surface area (Å²) in [6, 6.07) is 9.30. The van der Waals surface area contributed by atoms with E-state index in [1.54, 1.807) is 53.5 Å². The first-order valence-corrected chi connectivity index (χ1v) is 11.0. The van der Waals surface area contributed by atoms with Gasteiger partial charge in [0.25, 0.3) is 0 Å². The summed E-state index contributed by atoms with van der Waals surface area (Å²) in [7, 11) is 3.17. The minimum Gasteiger partial charge on any atom is -0.479 e. The van der Waals surface area contributed by atoms with Crippen molar-refractivity contribution in [2.75, 3.05) is 19.1 Å². The summed E-state index contributed by atoms with van der Waals surface area (Å²) >= 11 is 0. The van der Waals surface area contributed by atoms with Gasteiger partial charge in [-0.05, 0) is 48.8 Å². The summed E-state index contributed by atoms with van der Waals surface area (Å²) in [4.78, 5) is 14.7. The van der Waals surface area contributed by atoms with Crippen LogP contribution in [0.3, 0.4) is 0 Å². The quantitative estimate of drug-likeness (QED) is 0.333. The van der Waals surface area contributed by atoms with Crippen molar-refractivity contribution in [1.29, 1.82) is 0 Å². The van der Waals surface area contributed by atoms with Gasteiger partial charge < -0.3 is 9.64 Å². The number of hydrogen-bond donors (Lipinski definition) is 0. The molecule has 2 aromatic heterocycles.